The summed E-state index contributed by atoms with van der Waals surface area (Å²) in [7, 11) is 0. The van der Waals surface area contributed by atoms with Gasteiger partial charge in [0.1, 0.15) is 5.82 Å². The first-order chi connectivity index (χ1) is 22.7. The highest BCUT2D eigenvalue weighted by Crippen LogP contribution is 2.61. The number of anilines is 2. The number of amides is 1. The van der Waals surface area contributed by atoms with Crippen molar-refractivity contribution in [2.45, 2.75) is 59.5 Å². The molecule has 0 unspecified atom stereocenters. The lowest BCUT2D eigenvalue weighted by molar-refractivity contribution is -0.109. The van der Waals surface area contributed by atoms with Crippen molar-refractivity contribution in [3.63, 3.8) is 0 Å². The van der Waals surface area contributed by atoms with E-state index in [4.69, 9.17) is 10.1 Å². The van der Waals surface area contributed by atoms with E-state index in [1.807, 2.05) is 55.5 Å². The first-order valence-electron chi connectivity index (χ1n) is 16.5. The second kappa shape index (κ2) is 11.3. The number of carbonyl (C=O) groups is 2. The molecule has 3 aromatic heterocycles. The zero-order valence-electron chi connectivity index (χ0n) is 26.9. The fourth-order valence-corrected chi connectivity index (χ4v) is 9.24. The molecule has 1 amide bonds. The Bertz CT molecular complexity index is 2010. The number of benzene rings is 2. The van der Waals surface area contributed by atoms with E-state index < -0.39 is 5.97 Å². The van der Waals surface area contributed by atoms with Crippen LogP contribution in [0.4, 0.5) is 10.9 Å². The molecule has 3 saturated carbocycles. The number of carbonyl (C=O) groups excluding carboxylic acids is 1. The lowest BCUT2D eigenvalue weighted by atomic mass is 9.45. The zero-order valence-corrected chi connectivity index (χ0v) is 27.7. The summed E-state index contributed by atoms with van der Waals surface area (Å²) >= 11 is 1.45. The summed E-state index contributed by atoms with van der Waals surface area (Å²) in [6.45, 7) is 8.82. The molecule has 2 aromatic carbocycles. The Hall–Kier alpha value is -4.57. The smallest absolute Gasteiger partial charge is 0.355 e. The fraction of sp³-hybridized carbons (Fsp3) is 0.378. The summed E-state index contributed by atoms with van der Waals surface area (Å²) in [6, 6.07) is 17.4. The zero-order chi connectivity index (χ0) is 32.4. The Morgan fingerprint density at radius 3 is 2.68 bits per heavy atom. The highest BCUT2D eigenvalue weighted by Gasteiger charge is 2.54. The van der Waals surface area contributed by atoms with Gasteiger partial charge in [0.15, 0.2) is 10.8 Å². The SMILES string of the molecule is Cc1c(-c2ccc(N3CCc4cccc(C(=O)Nc5nc6ccccc6s5)c4C3)nc2C(=O)O)cnn1C[C@@H]1CC[C@@H]2C[C@@H]1C2(C)C. The van der Waals surface area contributed by atoms with Gasteiger partial charge in [-0.05, 0) is 97.2 Å². The van der Waals surface area contributed by atoms with Crippen LogP contribution in [0.1, 0.15) is 70.8 Å². The molecule has 3 aliphatic carbocycles. The van der Waals surface area contributed by atoms with E-state index in [9.17, 15) is 14.7 Å². The van der Waals surface area contributed by atoms with Gasteiger partial charge in [-0.1, -0.05) is 49.4 Å². The van der Waals surface area contributed by atoms with Crippen molar-refractivity contribution in [1.82, 2.24) is 19.7 Å². The van der Waals surface area contributed by atoms with Crippen LogP contribution in [0, 0.1) is 30.1 Å². The standard InChI is InChI=1S/C37H38N6O3S/c1-21-27(18-38-43(21)19-23-11-12-24-17-29(23)37(24,2)3)25-13-14-32(40-33(25)35(45)46)42-16-15-22-7-6-8-26(28(22)20-42)34(44)41-36-39-30-9-4-5-10-31(30)47-36/h4-10,13-14,18,23-24,29H,11-12,15-17,19-20H2,1-3H3,(H,45,46)(H,39,41,44)/t23-,24+,29-/m0/s1. The van der Waals surface area contributed by atoms with Crippen molar-refractivity contribution in [2.24, 2.45) is 23.2 Å². The minimum Gasteiger partial charge on any atom is -0.476 e. The largest absolute Gasteiger partial charge is 0.476 e. The minimum absolute atomic E-state index is 0.0124. The Kier molecular flexibility index (Phi) is 7.16. The van der Waals surface area contributed by atoms with Gasteiger partial charge in [0.2, 0.25) is 0 Å². The van der Waals surface area contributed by atoms with Crippen LogP contribution in [0.25, 0.3) is 21.3 Å². The summed E-state index contributed by atoms with van der Waals surface area (Å²) in [4.78, 5) is 37.4. The third-order valence-electron chi connectivity index (χ3n) is 11.2. The number of pyridine rings is 1. The molecule has 240 valence electrons. The lowest BCUT2D eigenvalue weighted by Crippen LogP contribution is -2.53. The van der Waals surface area contributed by atoms with Gasteiger partial charge >= 0.3 is 5.97 Å². The van der Waals surface area contributed by atoms with E-state index in [2.05, 4.69) is 39.8 Å². The number of rotatable bonds is 7. The monoisotopic (exact) mass is 646 g/mol. The Morgan fingerprint density at radius 1 is 1.04 bits per heavy atom. The van der Waals surface area contributed by atoms with Crippen molar-refractivity contribution in [1.29, 1.82) is 0 Å². The van der Waals surface area contributed by atoms with Crippen LogP contribution in [-0.2, 0) is 19.5 Å². The molecule has 0 spiro atoms. The molecule has 2 N–H and O–H groups in total. The van der Waals surface area contributed by atoms with E-state index in [0.717, 1.165) is 57.4 Å². The van der Waals surface area contributed by atoms with E-state index >= 15 is 0 Å². The van der Waals surface area contributed by atoms with E-state index in [1.165, 1.54) is 30.6 Å². The number of aromatic carboxylic acids is 1. The number of hydrogen-bond donors (Lipinski definition) is 2. The number of hydrogen-bond acceptors (Lipinski definition) is 7. The predicted molar refractivity (Wildman–Crippen MR) is 184 cm³/mol. The summed E-state index contributed by atoms with van der Waals surface area (Å²) in [5, 5.41) is 18.6. The highest BCUT2D eigenvalue weighted by atomic mass is 32.1. The predicted octanol–water partition coefficient (Wildman–Crippen LogP) is 7.45. The molecule has 1 aliphatic heterocycles. The number of nitrogens with zero attached hydrogens (tertiary/aromatic N) is 5. The topological polar surface area (TPSA) is 113 Å². The van der Waals surface area contributed by atoms with Gasteiger partial charge in [0.25, 0.3) is 5.91 Å². The summed E-state index contributed by atoms with van der Waals surface area (Å²) < 4.78 is 3.08. The van der Waals surface area contributed by atoms with Gasteiger partial charge in [0, 0.05) is 42.0 Å². The molecule has 3 fully saturated rings. The van der Waals surface area contributed by atoms with Crippen LogP contribution >= 0.6 is 11.3 Å². The molecule has 10 heteroatoms. The second-order valence-corrected chi connectivity index (χ2v) is 15.0. The number of para-hydroxylation sites is 1. The van der Waals surface area contributed by atoms with Crippen LogP contribution in [0.5, 0.6) is 0 Å². The average Bonchev–Trinajstić information content (AvgIpc) is 3.65. The first-order valence-corrected chi connectivity index (χ1v) is 17.3. The van der Waals surface area contributed by atoms with Crippen molar-refractivity contribution >= 4 is 44.4 Å². The van der Waals surface area contributed by atoms with Gasteiger partial charge in [0.05, 0.1) is 16.4 Å². The van der Waals surface area contributed by atoms with Crippen molar-refractivity contribution in [2.75, 3.05) is 16.8 Å². The number of aromatic nitrogens is 4. The quantitative estimate of drug-likeness (QED) is 0.189. The van der Waals surface area contributed by atoms with Crippen LogP contribution in [0.3, 0.4) is 0 Å². The van der Waals surface area contributed by atoms with Crippen LogP contribution in [0.15, 0.2) is 60.8 Å². The highest BCUT2D eigenvalue weighted by molar-refractivity contribution is 7.22. The molecular weight excluding hydrogens is 609 g/mol. The average molecular weight is 647 g/mol. The van der Waals surface area contributed by atoms with Crippen LogP contribution in [-0.4, -0.2) is 43.3 Å². The number of carboxylic acids is 1. The molecule has 0 radical (unpaired) electrons. The Morgan fingerprint density at radius 2 is 1.89 bits per heavy atom. The number of nitrogens with one attached hydrogen (secondary N) is 1. The van der Waals surface area contributed by atoms with Gasteiger partial charge < -0.3 is 10.0 Å². The maximum Gasteiger partial charge on any atom is 0.355 e. The number of fused-ring (bicyclic) bond motifs is 4. The molecule has 2 bridgehead atoms. The molecule has 4 aliphatic rings. The normalized spacial score (nSPS) is 21.3. The third kappa shape index (κ3) is 5.10. The summed E-state index contributed by atoms with van der Waals surface area (Å²) in [5.74, 6) is 1.46. The molecule has 9 rings (SSSR count). The van der Waals surface area contributed by atoms with Crippen LogP contribution in [0.2, 0.25) is 0 Å². The maximum absolute atomic E-state index is 13.5. The Labute approximate surface area is 277 Å². The maximum atomic E-state index is 13.5. The number of thiazole rings is 1. The Balaban J connectivity index is 1.04. The second-order valence-electron chi connectivity index (χ2n) is 14.0. The van der Waals surface area contributed by atoms with E-state index in [-0.39, 0.29) is 11.6 Å². The summed E-state index contributed by atoms with van der Waals surface area (Å²) in [6.07, 6.45) is 6.34. The van der Waals surface area contributed by atoms with Crippen LogP contribution < -0.4 is 10.2 Å². The molecular formula is C37H38N6O3S. The van der Waals surface area contributed by atoms with Gasteiger partial charge in [-0.25, -0.2) is 14.8 Å². The molecule has 0 saturated heterocycles. The lowest BCUT2D eigenvalue weighted by Gasteiger charge is -2.60. The van der Waals surface area contributed by atoms with Gasteiger partial charge in [-0.3, -0.25) is 14.8 Å². The molecule has 5 aromatic rings. The van der Waals surface area contributed by atoms with Gasteiger partial charge in [-0.15, -0.1) is 0 Å². The molecule has 4 heterocycles. The molecule has 3 atom stereocenters. The van der Waals surface area contributed by atoms with Crippen molar-refractivity contribution in [3.05, 3.63) is 88.9 Å². The van der Waals surface area contributed by atoms with Crippen molar-refractivity contribution in [3.8, 4) is 11.1 Å². The first kappa shape index (κ1) is 29.8. The fourth-order valence-electron chi connectivity index (χ4n) is 8.38. The van der Waals surface area contributed by atoms with Gasteiger partial charge in [-0.2, -0.15) is 5.10 Å². The molecule has 47 heavy (non-hydrogen) atoms. The minimum atomic E-state index is -1.07. The third-order valence-corrected chi connectivity index (χ3v) is 12.2. The number of carboxylic acid groups (broad SMARTS) is 1. The van der Waals surface area contributed by atoms with Crippen molar-refractivity contribution < 1.29 is 14.7 Å². The summed E-state index contributed by atoms with van der Waals surface area (Å²) in [5.41, 5.74) is 6.23. The van der Waals surface area contributed by atoms with E-state index in [0.29, 0.717) is 46.5 Å². The molecule has 9 nitrogen and oxygen atoms in total. The van der Waals surface area contributed by atoms with E-state index in [1.54, 1.807) is 6.20 Å².